The maximum Gasteiger partial charge on any atom is 0.242 e. The van der Waals surface area contributed by atoms with Crippen molar-refractivity contribution in [1.29, 1.82) is 0 Å². The van der Waals surface area contributed by atoms with Gasteiger partial charge in [-0.2, -0.15) is 0 Å². The second-order valence-corrected chi connectivity index (χ2v) is 8.47. The lowest BCUT2D eigenvalue weighted by Crippen LogP contribution is -2.42. The molecule has 0 aliphatic carbocycles. The van der Waals surface area contributed by atoms with Gasteiger partial charge in [-0.3, -0.25) is 9.98 Å². The Kier molecular flexibility index (Phi) is 7.48. The first-order chi connectivity index (χ1) is 14.9. The zero-order valence-corrected chi connectivity index (χ0v) is 18.6. The van der Waals surface area contributed by atoms with Crippen LogP contribution in [0.3, 0.4) is 0 Å². The molecular weight excluding hydrogens is 418 g/mol. The van der Waals surface area contributed by atoms with E-state index in [1.165, 1.54) is 18.5 Å². The largest absolute Gasteiger partial charge is 0.490 e. The van der Waals surface area contributed by atoms with E-state index in [0.29, 0.717) is 30.4 Å². The summed E-state index contributed by atoms with van der Waals surface area (Å²) in [7, 11) is -1.95. The molecule has 2 heterocycles. The number of guanidine groups is 1. The highest BCUT2D eigenvalue weighted by Crippen LogP contribution is 2.31. The van der Waals surface area contributed by atoms with E-state index in [2.05, 4.69) is 25.3 Å². The lowest BCUT2D eigenvalue weighted by atomic mass is 10.2. The molecular formula is C21H27N5O4S. The van der Waals surface area contributed by atoms with Crippen LogP contribution < -0.4 is 20.1 Å². The van der Waals surface area contributed by atoms with E-state index in [1.54, 1.807) is 13.1 Å². The molecule has 166 valence electrons. The zero-order chi connectivity index (χ0) is 22.3. The van der Waals surface area contributed by atoms with E-state index >= 15 is 0 Å². The maximum absolute atomic E-state index is 12.2. The Labute approximate surface area is 182 Å². The molecule has 3 rings (SSSR count). The standard InChI is InChI=1S/C21H27N5O4S/c1-4-29-18-9-5-7-16-13-19(30-20(16)18)15(2)26-21(22-3)24-11-12-25-31(27,28)17-8-6-10-23-14-17/h5-10,13-15,25H,4,11-12H2,1-3H3,(H2,22,24,26). The molecule has 0 saturated carbocycles. The summed E-state index contributed by atoms with van der Waals surface area (Å²) >= 11 is 0. The second kappa shape index (κ2) is 10.3. The van der Waals surface area contributed by atoms with Crippen LogP contribution in [-0.2, 0) is 10.0 Å². The molecule has 0 fully saturated rings. The van der Waals surface area contributed by atoms with Crippen LogP contribution >= 0.6 is 0 Å². The number of aromatic nitrogens is 1. The molecule has 9 nitrogen and oxygen atoms in total. The van der Waals surface area contributed by atoms with E-state index < -0.39 is 10.0 Å². The molecule has 3 N–H and O–H groups in total. The molecule has 0 aliphatic heterocycles. The number of aliphatic imine (C=N–C) groups is 1. The fourth-order valence-corrected chi connectivity index (χ4v) is 3.96. The summed E-state index contributed by atoms with van der Waals surface area (Å²) in [5.41, 5.74) is 0.709. The number of pyridine rings is 1. The van der Waals surface area contributed by atoms with Gasteiger partial charge in [0, 0.05) is 37.9 Å². The predicted molar refractivity (Wildman–Crippen MR) is 120 cm³/mol. The van der Waals surface area contributed by atoms with E-state index in [0.717, 1.165) is 11.1 Å². The molecule has 0 spiro atoms. The Morgan fingerprint density at radius 2 is 2.10 bits per heavy atom. The van der Waals surface area contributed by atoms with Crippen LogP contribution in [-0.4, -0.2) is 46.1 Å². The van der Waals surface area contributed by atoms with Crippen LogP contribution in [0.2, 0.25) is 0 Å². The normalized spacial score (nSPS) is 13.2. The highest BCUT2D eigenvalue weighted by atomic mass is 32.2. The van der Waals surface area contributed by atoms with Gasteiger partial charge in [0.25, 0.3) is 0 Å². The van der Waals surface area contributed by atoms with Crippen molar-refractivity contribution < 1.29 is 17.6 Å². The Bertz CT molecular complexity index is 1130. The summed E-state index contributed by atoms with van der Waals surface area (Å²) in [6.45, 7) is 4.98. The summed E-state index contributed by atoms with van der Waals surface area (Å²) in [5, 5.41) is 7.29. The molecule has 1 aromatic carbocycles. The molecule has 1 atom stereocenters. The van der Waals surface area contributed by atoms with Gasteiger partial charge in [0.15, 0.2) is 17.3 Å². The predicted octanol–water partition coefficient (Wildman–Crippen LogP) is 2.43. The molecule has 3 aromatic rings. The van der Waals surface area contributed by atoms with Gasteiger partial charge in [0.1, 0.15) is 10.7 Å². The molecule has 0 radical (unpaired) electrons. The Morgan fingerprint density at radius 1 is 1.26 bits per heavy atom. The number of nitrogens with one attached hydrogen (secondary N) is 3. The molecule has 0 bridgehead atoms. The third-order valence-corrected chi connectivity index (χ3v) is 5.93. The first-order valence-corrected chi connectivity index (χ1v) is 11.4. The minimum atomic E-state index is -3.59. The van der Waals surface area contributed by atoms with Crippen molar-refractivity contribution in [3.05, 3.63) is 54.6 Å². The molecule has 0 saturated heterocycles. The zero-order valence-electron chi connectivity index (χ0n) is 17.8. The third kappa shape index (κ3) is 5.74. The number of sulfonamides is 1. The fourth-order valence-electron chi connectivity index (χ4n) is 2.97. The van der Waals surface area contributed by atoms with Crippen LogP contribution in [0.15, 0.2) is 63.1 Å². The van der Waals surface area contributed by atoms with Crippen molar-refractivity contribution in [3.8, 4) is 5.75 Å². The molecule has 1 unspecified atom stereocenters. The van der Waals surface area contributed by atoms with Gasteiger partial charge >= 0.3 is 0 Å². The number of rotatable bonds is 9. The number of nitrogens with zero attached hydrogens (tertiary/aromatic N) is 2. The SMILES string of the molecule is CCOc1cccc2cc(C(C)NC(=NC)NCCNS(=O)(=O)c3cccnc3)oc12. The Balaban J connectivity index is 1.55. The topological polar surface area (TPSA) is 118 Å². The van der Waals surface area contributed by atoms with Crippen LogP contribution in [0.5, 0.6) is 5.75 Å². The van der Waals surface area contributed by atoms with Gasteiger partial charge in [-0.25, -0.2) is 13.1 Å². The van der Waals surface area contributed by atoms with Crippen molar-refractivity contribution in [2.24, 2.45) is 4.99 Å². The number of benzene rings is 1. The minimum Gasteiger partial charge on any atom is -0.490 e. The third-order valence-electron chi connectivity index (χ3n) is 4.48. The first-order valence-electron chi connectivity index (χ1n) is 9.96. The van der Waals surface area contributed by atoms with Gasteiger partial charge in [-0.1, -0.05) is 12.1 Å². The number of para-hydroxylation sites is 1. The van der Waals surface area contributed by atoms with E-state index in [9.17, 15) is 8.42 Å². The van der Waals surface area contributed by atoms with E-state index in [4.69, 9.17) is 9.15 Å². The number of hydrogen-bond donors (Lipinski definition) is 3. The number of fused-ring (bicyclic) bond motifs is 1. The van der Waals surface area contributed by atoms with Crippen molar-refractivity contribution in [3.63, 3.8) is 0 Å². The smallest absolute Gasteiger partial charge is 0.242 e. The molecule has 10 heteroatoms. The van der Waals surface area contributed by atoms with Crippen molar-refractivity contribution in [2.75, 3.05) is 26.7 Å². The van der Waals surface area contributed by atoms with Gasteiger partial charge in [0.2, 0.25) is 10.0 Å². The average Bonchev–Trinajstić information content (AvgIpc) is 3.22. The van der Waals surface area contributed by atoms with Crippen molar-refractivity contribution in [2.45, 2.75) is 24.8 Å². The Hall–Kier alpha value is -3.11. The number of ether oxygens (including phenoxy) is 1. The summed E-state index contributed by atoms with van der Waals surface area (Å²) in [5.74, 6) is 1.97. The average molecular weight is 446 g/mol. The van der Waals surface area contributed by atoms with Crippen LogP contribution in [0.1, 0.15) is 25.6 Å². The highest BCUT2D eigenvalue weighted by molar-refractivity contribution is 7.89. The number of hydrogen-bond acceptors (Lipinski definition) is 6. The molecule has 0 amide bonds. The number of furan rings is 1. The van der Waals surface area contributed by atoms with Crippen molar-refractivity contribution in [1.82, 2.24) is 20.3 Å². The monoisotopic (exact) mass is 445 g/mol. The summed E-state index contributed by atoms with van der Waals surface area (Å²) in [4.78, 5) is 8.15. The first kappa shape index (κ1) is 22.6. The van der Waals surface area contributed by atoms with Crippen LogP contribution in [0.25, 0.3) is 11.0 Å². The Morgan fingerprint density at radius 3 is 2.81 bits per heavy atom. The van der Waals surface area contributed by atoms with Crippen LogP contribution in [0.4, 0.5) is 0 Å². The van der Waals surface area contributed by atoms with Gasteiger partial charge < -0.3 is 19.8 Å². The van der Waals surface area contributed by atoms with Gasteiger partial charge in [-0.05, 0) is 38.1 Å². The second-order valence-electron chi connectivity index (χ2n) is 6.71. The highest BCUT2D eigenvalue weighted by Gasteiger charge is 2.16. The summed E-state index contributed by atoms with van der Waals surface area (Å²) < 4.78 is 38.6. The van der Waals surface area contributed by atoms with E-state index in [-0.39, 0.29) is 17.5 Å². The summed E-state index contributed by atoms with van der Waals surface area (Å²) in [6, 6.07) is 10.6. The van der Waals surface area contributed by atoms with Crippen molar-refractivity contribution >= 4 is 27.0 Å². The lowest BCUT2D eigenvalue weighted by Gasteiger charge is -2.16. The minimum absolute atomic E-state index is 0.127. The van der Waals surface area contributed by atoms with Crippen LogP contribution in [0, 0.1) is 0 Å². The van der Waals surface area contributed by atoms with E-state index in [1.807, 2.05) is 38.1 Å². The van der Waals surface area contributed by atoms with Gasteiger partial charge in [-0.15, -0.1) is 0 Å². The molecule has 2 aromatic heterocycles. The fraction of sp³-hybridized carbons (Fsp3) is 0.333. The molecule has 0 aliphatic rings. The quantitative estimate of drug-likeness (QED) is 0.263. The maximum atomic E-state index is 12.2. The molecule has 31 heavy (non-hydrogen) atoms. The van der Waals surface area contributed by atoms with Gasteiger partial charge in [0.05, 0.1) is 12.6 Å². The summed E-state index contributed by atoms with van der Waals surface area (Å²) in [6.07, 6.45) is 2.83. The lowest BCUT2D eigenvalue weighted by molar-refractivity contribution is 0.336.